The van der Waals surface area contributed by atoms with Gasteiger partial charge in [-0.2, -0.15) is 0 Å². The molecule has 23 heavy (non-hydrogen) atoms. The van der Waals surface area contributed by atoms with Crippen molar-refractivity contribution in [1.82, 2.24) is 15.1 Å². The maximum atomic E-state index is 13.2. The van der Waals surface area contributed by atoms with Crippen LogP contribution in [-0.2, 0) is 0 Å². The second kappa shape index (κ2) is 7.12. The summed E-state index contributed by atoms with van der Waals surface area (Å²) in [7, 11) is 0. The molecule has 0 atom stereocenters. The van der Waals surface area contributed by atoms with Gasteiger partial charge < -0.3 is 19.9 Å². The summed E-state index contributed by atoms with van der Waals surface area (Å²) in [6.45, 7) is 4.39. The third-order valence-electron chi connectivity index (χ3n) is 4.29. The highest BCUT2D eigenvalue weighted by molar-refractivity contribution is 5.74. The van der Waals surface area contributed by atoms with Crippen molar-refractivity contribution in [2.75, 3.05) is 39.3 Å². The molecule has 1 N–H and O–H groups in total. The van der Waals surface area contributed by atoms with E-state index in [0.29, 0.717) is 31.7 Å². The highest BCUT2D eigenvalue weighted by Crippen LogP contribution is 2.21. The predicted octanol–water partition coefficient (Wildman–Crippen LogP) is 1.83. The lowest BCUT2D eigenvalue weighted by Crippen LogP contribution is -2.53. The van der Waals surface area contributed by atoms with Crippen LogP contribution in [0.3, 0.4) is 0 Å². The van der Waals surface area contributed by atoms with E-state index in [0.717, 1.165) is 38.3 Å². The zero-order valence-electron chi connectivity index (χ0n) is 12.9. The Morgan fingerprint density at radius 2 is 1.70 bits per heavy atom. The molecule has 5 nitrogen and oxygen atoms in total. The number of nitrogens with one attached hydrogen (secondary N) is 1. The number of hydrogen-bond acceptors (Lipinski definition) is 3. The van der Waals surface area contributed by atoms with E-state index >= 15 is 0 Å². The second-order valence-corrected chi connectivity index (χ2v) is 5.90. The topological polar surface area (TPSA) is 44.8 Å². The Hall–Kier alpha value is -1.89. The SMILES string of the molecule is O=C(N1CCNCC1)N1CCC(Oc2ccc(F)c(F)c2)CC1. The largest absolute Gasteiger partial charge is 0.490 e. The van der Waals surface area contributed by atoms with Crippen LogP contribution in [0.2, 0.25) is 0 Å². The summed E-state index contributed by atoms with van der Waals surface area (Å²) in [6.07, 6.45) is 1.31. The fourth-order valence-corrected chi connectivity index (χ4v) is 2.96. The van der Waals surface area contributed by atoms with Crippen LogP contribution in [0.25, 0.3) is 0 Å². The van der Waals surface area contributed by atoms with Crippen molar-refractivity contribution in [3.63, 3.8) is 0 Å². The van der Waals surface area contributed by atoms with Gasteiger partial charge in [0.1, 0.15) is 11.9 Å². The van der Waals surface area contributed by atoms with Crippen molar-refractivity contribution in [3.8, 4) is 5.75 Å². The number of ether oxygens (including phenoxy) is 1. The molecule has 2 aliphatic rings. The van der Waals surface area contributed by atoms with Gasteiger partial charge in [-0.15, -0.1) is 0 Å². The van der Waals surface area contributed by atoms with E-state index in [1.54, 1.807) is 0 Å². The molecule has 0 aromatic heterocycles. The highest BCUT2D eigenvalue weighted by atomic mass is 19.2. The van der Waals surface area contributed by atoms with Gasteiger partial charge in [-0.1, -0.05) is 0 Å². The van der Waals surface area contributed by atoms with Crippen LogP contribution in [0.5, 0.6) is 5.75 Å². The molecule has 0 saturated carbocycles. The molecule has 2 fully saturated rings. The minimum Gasteiger partial charge on any atom is -0.490 e. The number of halogens is 2. The van der Waals surface area contributed by atoms with Gasteiger partial charge in [0.25, 0.3) is 0 Å². The van der Waals surface area contributed by atoms with Gasteiger partial charge in [-0.05, 0) is 12.1 Å². The molecule has 2 heterocycles. The average molecular weight is 325 g/mol. The summed E-state index contributed by atoms with van der Waals surface area (Å²) in [5, 5.41) is 3.23. The number of likely N-dealkylation sites (tertiary alicyclic amines) is 1. The number of amides is 2. The number of carbonyl (C=O) groups is 1. The van der Waals surface area contributed by atoms with Crippen LogP contribution in [0.4, 0.5) is 13.6 Å². The minimum atomic E-state index is -0.908. The summed E-state index contributed by atoms with van der Waals surface area (Å²) in [5.74, 6) is -1.46. The highest BCUT2D eigenvalue weighted by Gasteiger charge is 2.27. The molecule has 0 bridgehead atoms. The van der Waals surface area contributed by atoms with Gasteiger partial charge in [0.2, 0.25) is 0 Å². The first-order valence-electron chi connectivity index (χ1n) is 8.00. The van der Waals surface area contributed by atoms with Gasteiger partial charge >= 0.3 is 6.03 Å². The molecule has 0 radical (unpaired) electrons. The standard InChI is InChI=1S/C16H21F2N3O2/c17-14-2-1-13(11-15(14)18)23-12-3-7-20(8-4-12)16(22)21-9-5-19-6-10-21/h1-2,11-12,19H,3-10H2. The maximum Gasteiger partial charge on any atom is 0.320 e. The summed E-state index contributed by atoms with van der Waals surface area (Å²) in [5.41, 5.74) is 0. The maximum absolute atomic E-state index is 13.2. The zero-order chi connectivity index (χ0) is 16.2. The van der Waals surface area contributed by atoms with E-state index in [4.69, 9.17) is 4.74 Å². The number of carbonyl (C=O) groups excluding carboxylic acids is 1. The minimum absolute atomic E-state index is 0.0769. The molecule has 2 aliphatic heterocycles. The summed E-state index contributed by atoms with van der Waals surface area (Å²) >= 11 is 0. The number of urea groups is 1. The Morgan fingerprint density at radius 3 is 2.35 bits per heavy atom. The summed E-state index contributed by atoms with van der Waals surface area (Å²) in [6, 6.07) is 3.63. The van der Waals surface area contributed by atoms with Gasteiger partial charge in [0.05, 0.1) is 0 Å². The monoisotopic (exact) mass is 325 g/mol. The van der Waals surface area contributed by atoms with E-state index < -0.39 is 11.6 Å². The van der Waals surface area contributed by atoms with E-state index in [2.05, 4.69) is 5.32 Å². The lowest BCUT2D eigenvalue weighted by atomic mass is 10.1. The number of nitrogens with zero attached hydrogens (tertiary/aromatic N) is 2. The smallest absolute Gasteiger partial charge is 0.320 e. The molecule has 7 heteroatoms. The molecule has 0 unspecified atom stereocenters. The van der Waals surface area contributed by atoms with Crippen LogP contribution in [-0.4, -0.2) is 61.2 Å². The lowest BCUT2D eigenvalue weighted by Gasteiger charge is -2.37. The molecule has 1 aromatic rings. The fourth-order valence-electron chi connectivity index (χ4n) is 2.96. The first-order chi connectivity index (χ1) is 11.1. The van der Waals surface area contributed by atoms with Crippen LogP contribution in [0.15, 0.2) is 18.2 Å². The fraction of sp³-hybridized carbons (Fsp3) is 0.562. The van der Waals surface area contributed by atoms with Crippen molar-refractivity contribution in [2.24, 2.45) is 0 Å². The molecule has 0 spiro atoms. The lowest BCUT2D eigenvalue weighted by molar-refractivity contribution is 0.0923. The molecule has 3 rings (SSSR count). The zero-order valence-corrected chi connectivity index (χ0v) is 12.9. The van der Waals surface area contributed by atoms with Crippen molar-refractivity contribution < 1.29 is 18.3 Å². The average Bonchev–Trinajstić information content (AvgIpc) is 2.59. The van der Waals surface area contributed by atoms with Crippen LogP contribution in [0.1, 0.15) is 12.8 Å². The first kappa shape index (κ1) is 16.0. The number of hydrogen-bond donors (Lipinski definition) is 1. The number of benzene rings is 1. The van der Waals surface area contributed by atoms with Crippen molar-refractivity contribution in [3.05, 3.63) is 29.8 Å². The Labute approximate surface area is 134 Å². The molecular formula is C16H21F2N3O2. The van der Waals surface area contributed by atoms with Crippen LogP contribution >= 0.6 is 0 Å². The molecule has 2 saturated heterocycles. The van der Waals surface area contributed by atoms with Crippen molar-refractivity contribution in [2.45, 2.75) is 18.9 Å². The number of rotatable bonds is 2. The third kappa shape index (κ3) is 3.90. The van der Waals surface area contributed by atoms with Crippen LogP contribution < -0.4 is 10.1 Å². The van der Waals surface area contributed by atoms with Crippen molar-refractivity contribution >= 4 is 6.03 Å². The second-order valence-electron chi connectivity index (χ2n) is 5.90. The Bertz CT molecular complexity index is 556. The number of piperazine rings is 1. The van der Waals surface area contributed by atoms with E-state index in [-0.39, 0.29) is 12.1 Å². The van der Waals surface area contributed by atoms with E-state index in [1.807, 2.05) is 9.80 Å². The molecule has 2 amide bonds. The van der Waals surface area contributed by atoms with E-state index in [1.165, 1.54) is 6.07 Å². The van der Waals surface area contributed by atoms with Gasteiger partial charge in [-0.3, -0.25) is 0 Å². The Balaban J connectivity index is 1.49. The molecule has 126 valence electrons. The molecule has 0 aliphatic carbocycles. The predicted molar refractivity (Wildman–Crippen MR) is 81.4 cm³/mol. The first-order valence-corrected chi connectivity index (χ1v) is 8.00. The normalized spacial score (nSPS) is 19.7. The summed E-state index contributed by atoms with van der Waals surface area (Å²) < 4.78 is 31.8. The van der Waals surface area contributed by atoms with Gasteiger partial charge in [0, 0.05) is 58.2 Å². The Kier molecular flexibility index (Phi) is 4.95. The quantitative estimate of drug-likeness (QED) is 0.902. The third-order valence-corrected chi connectivity index (χ3v) is 4.29. The van der Waals surface area contributed by atoms with E-state index in [9.17, 15) is 13.6 Å². The van der Waals surface area contributed by atoms with Gasteiger partial charge in [-0.25, -0.2) is 13.6 Å². The number of piperidine rings is 1. The summed E-state index contributed by atoms with van der Waals surface area (Å²) in [4.78, 5) is 16.1. The molecule has 1 aromatic carbocycles. The Morgan fingerprint density at radius 1 is 1.04 bits per heavy atom. The van der Waals surface area contributed by atoms with Crippen LogP contribution in [0, 0.1) is 11.6 Å². The molecular weight excluding hydrogens is 304 g/mol. The van der Waals surface area contributed by atoms with Gasteiger partial charge in [0.15, 0.2) is 11.6 Å². The van der Waals surface area contributed by atoms with Crippen molar-refractivity contribution in [1.29, 1.82) is 0 Å².